The van der Waals surface area contributed by atoms with Crippen LogP contribution in [0.2, 0.25) is 0 Å². The molecule has 2 aromatic heterocycles. The number of aromatic amines is 1. The number of benzene rings is 1. The van der Waals surface area contributed by atoms with Crippen LogP contribution in [-0.4, -0.2) is 45.8 Å². The number of piperidine rings is 1. The van der Waals surface area contributed by atoms with Crippen LogP contribution in [0.4, 0.5) is 0 Å². The van der Waals surface area contributed by atoms with Gasteiger partial charge in [-0.15, -0.1) is 0 Å². The van der Waals surface area contributed by atoms with Gasteiger partial charge in [0.2, 0.25) is 5.91 Å². The second-order valence-electron chi connectivity index (χ2n) is 8.73. The van der Waals surface area contributed by atoms with Gasteiger partial charge in [0, 0.05) is 24.0 Å². The summed E-state index contributed by atoms with van der Waals surface area (Å²) < 4.78 is 0. The molecule has 2 N–H and O–H groups in total. The Hall–Kier alpha value is -3.15. The lowest BCUT2D eigenvalue weighted by Crippen LogP contribution is -2.49. The SMILES string of the molecule is C[C@H](NC(=O)c1cc2cc(-c3ccccc3)ncc2[nH]1)C(=O)N1CCC2(CC1)CC2. The normalized spacial score (nSPS) is 18.4. The molecule has 1 aliphatic carbocycles. The zero-order chi connectivity index (χ0) is 20.7. The van der Waals surface area contributed by atoms with Crippen molar-refractivity contribution in [1.29, 1.82) is 0 Å². The highest BCUT2D eigenvalue weighted by Crippen LogP contribution is 2.53. The summed E-state index contributed by atoms with van der Waals surface area (Å²) in [5, 5.41) is 3.77. The Morgan fingerprint density at radius 3 is 2.53 bits per heavy atom. The third-order valence-electron chi connectivity index (χ3n) is 6.63. The van der Waals surface area contributed by atoms with E-state index in [4.69, 9.17) is 0 Å². The molecule has 0 radical (unpaired) electrons. The summed E-state index contributed by atoms with van der Waals surface area (Å²) in [6.07, 6.45) is 6.55. The van der Waals surface area contributed by atoms with Gasteiger partial charge >= 0.3 is 0 Å². The fourth-order valence-electron chi connectivity index (χ4n) is 4.41. The van der Waals surface area contributed by atoms with Crippen LogP contribution in [0, 0.1) is 5.41 Å². The Kier molecular flexibility index (Phi) is 4.57. The van der Waals surface area contributed by atoms with E-state index in [2.05, 4.69) is 15.3 Å². The number of nitrogens with one attached hydrogen (secondary N) is 2. The van der Waals surface area contributed by atoms with Gasteiger partial charge < -0.3 is 15.2 Å². The summed E-state index contributed by atoms with van der Waals surface area (Å²) in [4.78, 5) is 35.0. The largest absolute Gasteiger partial charge is 0.349 e. The van der Waals surface area contributed by atoms with Gasteiger partial charge in [0.15, 0.2) is 0 Å². The lowest BCUT2D eigenvalue weighted by Gasteiger charge is -2.33. The Morgan fingerprint density at radius 2 is 1.83 bits per heavy atom. The van der Waals surface area contributed by atoms with E-state index in [9.17, 15) is 9.59 Å². The fourth-order valence-corrected chi connectivity index (χ4v) is 4.41. The first-order valence-corrected chi connectivity index (χ1v) is 10.7. The number of carbonyl (C=O) groups is 2. The van der Waals surface area contributed by atoms with Crippen molar-refractivity contribution < 1.29 is 9.59 Å². The second-order valence-corrected chi connectivity index (χ2v) is 8.73. The molecule has 154 valence electrons. The number of fused-ring (bicyclic) bond motifs is 1. The summed E-state index contributed by atoms with van der Waals surface area (Å²) in [5.41, 5.74) is 3.65. The Labute approximate surface area is 175 Å². The minimum Gasteiger partial charge on any atom is -0.349 e. The number of hydrogen-bond acceptors (Lipinski definition) is 3. The molecule has 6 heteroatoms. The van der Waals surface area contributed by atoms with E-state index < -0.39 is 6.04 Å². The molecule has 3 aromatic rings. The van der Waals surface area contributed by atoms with Crippen molar-refractivity contribution in [3.63, 3.8) is 0 Å². The maximum atomic E-state index is 12.8. The van der Waals surface area contributed by atoms with E-state index in [1.54, 1.807) is 13.1 Å². The highest BCUT2D eigenvalue weighted by molar-refractivity contribution is 6.00. The number of H-pyrrole nitrogens is 1. The van der Waals surface area contributed by atoms with Crippen molar-refractivity contribution in [2.75, 3.05) is 13.1 Å². The van der Waals surface area contributed by atoms with Crippen molar-refractivity contribution in [1.82, 2.24) is 20.2 Å². The minimum absolute atomic E-state index is 0.00277. The van der Waals surface area contributed by atoms with Crippen LogP contribution < -0.4 is 5.32 Å². The average Bonchev–Trinajstić information content (AvgIpc) is 3.38. The van der Waals surface area contributed by atoms with Gasteiger partial charge in [0.25, 0.3) is 5.91 Å². The molecule has 2 aliphatic rings. The Bertz CT molecular complexity index is 1090. The van der Waals surface area contributed by atoms with E-state index in [-0.39, 0.29) is 11.8 Å². The van der Waals surface area contributed by atoms with Gasteiger partial charge in [0.05, 0.1) is 17.4 Å². The third kappa shape index (κ3) is 3.58. The molecule has 1 saturated heterocycles. The molecule has 1 aromatic carbocycles. The summed E-state index contributed by atoms with van der Waals surface area (Å²) in [6, 6.07) is 13.2. The highest BCUT2D eigenvalue weighted by Gasteiger charge is 2.45. The first-order chi connectivity index (χ1) is 14.5. The van der Waals surface area contributed by atoms with Crippen molar-refractivity contribution in [2.24, 2.45) is 5.41 Å². The molecule has 1 atom stereocenters. The molecule has 1 spiro atoms. The Morgan fingerprint density at radius 1 is 1.10 bits per heavy atom. The van der Waals surface area contributed by atoms with Crippen LogP contribution in [0.15, 0.2) is 48.7 Å². The maximum Gasteiger partial charge on any atom is 0.268 e. The van der Waals surface area contributed by atoms with E-state index in [0.29, 0.717) is 11.1 Å². The summed E-state index contributed by atoms with van der Waals surface area (Å²) >= 11 is 0. The maximum absolute atomic E-state index is 12.8. The molecule has 0 unspecified atom stereocenters. The average molecular weight is 402 g/mol. The molecule has 1 saturated carbocycles. The molecular formula is C24H26N4O2. The van der Waals surface area contributed by atoms with Crippen LogP contribution in [-0.2, 0) is 4.79 Å². The van der Waals surface area contributed by atoms with E-state index >= 15 is 0 Å². The van der Waals surface area contributed by atoms with Gasteiger partial charge in [-0.25, -0.2) is 0 Å². The predicted octanol–water partition coefficient (Wildman–Crippen LogP) is 3.75. The van der Waals surface area contributed by atoms with Crippen LogP contribution in [0.1, 0.15) is 43.1 Å². The summed E-state index contributed by atoms with van der Waals surface area (Å²) in [7, 11) is 0. The molecule has 3 heterocycles. The Balaban J connectivity index is 1.26. The van der Waals surface area contributed by atoms with Crippen LogP contribution in [0.25, 0.3) is 22.2 Å². The van der Waals surface area contributed by atoms with Crippen LogP contribution in [0.3, 0.4) is 0 Å². The number of carbonyl (C=O) groups excluding carboxylic acids is 2. The van der Waals surface area contributed by atoms with E-state index in [0.717, 1.165) is 48.1 Å². The number of likely N-dealkylation sites (tertiary alicyclic amines) is 1. The number of pyridine rings is 1. The molecule has 1 aliphatic heterocycles. The van der Waals surface area contributed by atoms with Gasteiger partial charge in [-0.05, 0) is 50.2 Å². The standard InChI is InChI=1S/C24H26N4O2/c1-16(23(30)28-11-9-24(7-8-24)10-12-28)26-22(29)20-14-18-13-19(25-15-21(18)27-20)17-5-3-2-4-6-17/h2-6,13-16,27H,7-12H2,1H3,(H,26,29)/t16-/m0/s1. The summed E-state index contributed by atoms with van der Waals surface area (Å²) in [5.74, 6) is -0.271. The van der Waals surface area contributed by atoms with Crippen molar-refractivity contribution in [3.05, 3.63) is 54.4 Å². The molecular weight excluding hydrogens is 376 g/mol. The minimum atomic E-state index is -0.546. The first-order valence-electron chi connectivity index (χ1n) is 10.7. The lowest BCUT2D eigenvalue weighted by molar-refractivity contribution is -0.134. The number of nitrogens with zero attached hydrogens (tertiary/aromatic N) is 2. The van der Waals surface area contributed by atoms with Crippen molar-refractivity contribution in [3.8, 4) is 11.3 Å². The third-order valence-corrected chi connectivity index (χ3v) is 6.63. The zero-order valence-corrected chi connectivity index (χ0v) is 17.1. The van der Waals surface area contributed by atoms with Gasteiger partial charge in [-0.1, -0.05) is 30.3 Å². The predicted molar refractivity (Wildman–Crippen MR) is 116 cm³/mol. The van der Waals surface area contributed by atoms with E-state index in [1.165, 1.54) is 12.8 Å². The van der Waals surface area contributed by atoms with Crippen LogP contribution in [0.5, 0.6) is 0 Å². The topological polar surface area (TPSA) is 78.1 Å². The molecule has 2 amide bonds. The number of rotatable bonds is 4. The van der Waals surface area contributed by atoms with E-state index in [1.807, 2.05) is 47.4 Å². The first kappa shape index (κ1) is 18.9. The molecule has 5 rings (SSSR count). The molecule has 6 nitrogen and oxygen atoms in total. The lowest BCUT2D eigenvalue weighted by atomic mass is 9.93. The van der Waals surface area contributed by atoms with Gasteiger partial charge in [0.1, 0.15) is 11.7 Å². The fraction of sp³-hybridized carbons (Fsp3) is 0.375. The quantitative estimate of drug-likeness (QED) is 0.698. The van der Waals surface area contributed by atoms with Crippen LogP contribution >= 0.6 is 0 Å². The van der Waals surface area contributed by atoms with Crippen molar-refractivity contribution in [2.45, 2.75) is 38.6 Å². The smallest absolute Gasteiger partial charge is 0.268 e. The zero-order valence-electron chi connectivity index (χ0n) is 17.1. The molecule has 0 bridgehead atoms. The molecule has 2 fully saturated rings. The summed E-state index contributed by atoms with van der Waals surface area (Å²) in [6.45, 7) is 3.37. The number of aromatic nitrogens is 2. The second kappa shape index (κ2) is 7.27. The number of hydrogen-bond donors (Lipinski definition) is 2. The monoisotopic (exact) mass is 402 g/mol. The number of amides is 2. The van der Waals surface area contributed by atoms with Gasteiger partial charge in [-0.2, -0.15) is 0 Å². The van der Waals surface area contributed by atoms with Gasteiger partial charge in [-0.3, -0.25) is 14.6 Å². The highest BCUT2D eigenvalue weighted by atomic mass is 16.2. The molecule has 30 heavy (non-hydrogen) atoms. The van der Waals surface area contributed by atoms with Crippen molar-refractivity contribution >= 4 is 22.7 Å².